The van der Waals surface area contributed by atoms with E-state index in [4.69, 9.17) is 99.0 Å². The largest absolute Gasteiger partial charge is 0.476 e. The number of carbonyl (C=O) groups is 4. The second-order valence-corrected chi connectivity index (χ2v) is 51.8. The zero-order valence-electron chi connectivity index (χ0n) is 82.5. The molecule has 18 N–H and O–H groups in total. The minimum absolute atomic E-state index is 0.0647. The fourth-order valence-electron chi connectivity index (χ4n) is 14.6. The number of aromatic amines is 1. The Morgan fingerprint density at radius 3 is 1.06 bits per heavy atom. The first kappa shape index (κ1) is 120. The molecule has 804 valence electrons. The number of hydrogen-bond acceptors (Lipinski definition) is 48. The number of aliphatic hydroxyl groups is 7. The quantitative estimate of drug-likeness (QED) is 0.00855. The van der Waals surface area contributed by atoms with Crippen LogP contribution in [0.5, 0.6) is 17.6 Å². The Bertz CT molecular complexity index is 5580. The van der Waals surface area contributed by atoms with Crippen molar-refractivity contribution in [1.82, 2.24) is 88.5 Å². The van der Waals surface area contributed by atoms with Crippen LogP contribution in [0.1, 0.15) is 156 Å². The number of imidazole rings is 3. The maximum absolute atomic E-state index is 13.8. The van der Waals surface area contributed by atoms with E-state index in [9.17, 15) is 82.8 Å². The normalized spacial score (nSPS) is 26.6. The molecule has 4 aliphatic rings. The molecule has 0 saturated carbocycles. The molecule has 0 aliphatic carbocycles. The van der Waals surface area contributed by atoms with Crippen molar-refractivity contribution in [3.63, 3.8) is 0 Å². The first-order chi connectivity index (χ1) is 67.7. The molecular formula is C82H128ClN21O32P4S4. The fraction of sp³-hybridized carbons (Fsp3) is 0.646. The number of aromatic nitrogens is 14. The topological polar surface area (TPSA) is 728 Å². The van der Waals surface area contributed by atoms with Gasteiger partial charge in [0, 0.05) is 34.4 Å². The number of carbonyl (C=O) groups excluding carboxylic acids is 4. The van der Waals surface area contributed by atoms with Gasteiger partial charge in [0.2, 0.25) is 35.5 Å². The number of hydrogen-bond donors (Lipinski definition) is 15. The number of aliphatic hydroxyl groups excluding tert-OH is 4. The maximum Gasteiger partial charge on any atom is 0.332 e. The number of nitrogens with zero attached hydrogens (tertiary/aromatic N) is 13. The Morgan fingerprint density at radius 2 is 0.757 bits per heavy atom. The van der Waals surface area contributed by atoms with E-state index in [1.165, 1.54) is 94.3 Å². The smallest absolute Gasteiger partial charge is 0.332 e. The minimum Gasteiger partial charge on any atom is -0.476 e. The molecule has 8 aromatic rings. The highest BCUT2D eigenvalue weighted by Gasteiger charge is 2.59. The molecule has 0 radical (unpaired) electrons. The van der Waals surface area contributed by atoms with Crippen molar-refractivity contribution < 1.29 is 143 Å². The van der Waals surface area contributed by atoms with E-state index >= 15 is 0 Å². The van der Waals surface area contributed by atoms with Crippen LogP contribution >= 0.6 is 84.0 Å². The van der Waals surface area contributed by atoms with Gasteiger partial charge in [0.25, 0.3) is 5.56 Å². The van der Waals surface area contributed by atoms with Crippen molar-refractivity contribution >= 4 is 159 Å². The van der Waals surface area contributed by atoms with Gasteiger partial charge in [-0.1, -0.05) is 73.1 Å². The van der Waals surface area contributed by atoms with Crippen LogP contribution in [0.15, 0.2) is 76.1 Å². The number of nitrogens with two attached hydrogens (primary N) is 3. The summed E-state index contributed by atoms with van der Waals surface area (Å²) in [6.07, 6.45) is -9.50. The summed E-state index contributed by atoms with van der Waals surface area (Å²) < 4.78 is 142. The molecule has 12 rings (SSSR count). The third kappa shape index (κ3) is 29.6. The van der Waals surface area contributed by atoms with Crippen LogP contribution in [0.25, 0.3) is 33.5 Å². The number of alkyl halides is 1. The second kappa shape index (κ2) is 52.0. The summed E-state index contributed by atoms with van der Waals surface area (Å²) in [4.78, 5) is 111. The Labute approximate surface area is 848 Å². The molecule has 0 spiro atoms. The van der Waals surface area contributed by atoms with Crippen LogP contribution in [0.3, 0.4) is 0 Å². The molecule has 53 nitrogen and oxygen atoms in total. The standard InChI is InChI=1S/C22H29ClN3O8PS.3C20H33N6O8PS/c1-13(2)33-19(29)14(3)25-35(31,36-15-8-6-5-7-9-15)32-12-16-18(28)22(4,23)20(34-16)26-11-10-17(27)24-21(26)30;3*1-6-31-16-13-15(23-19(21)24-16)26(10-22-13)18-20(5,29)14(27)12(34-18)9-33-35(30,36-8-3)25-11(4)17(28)32-7-2/h5-11,13-14,16,18,20,28H,12H2,1-4H3,(H,25,31)(H,24,27,30);3*10-12,14,18,27,29H,6-9H2,1-5H3,(H,25,30)(H2,21,23,24)/t14-,16+,18+,20+,22+,35+;11?,12-,14-,18-,20-,35?;11-,12-,14-,18-,20-,35?;11-,12-,14-,18-,20-,35+/m0111/s1. The number of anilines is 3. The van der Waals surface area contributed by atoms with Crippen molar-refractivity contribution in [2.75, 3.05) is 101 Å². The Balaban J connectivity index is 0.000000214. The number of esters is 4. The first-order valence-corrected chi connectivity index (χ1v) is 58.7. The highest BCUT2D eigenvalue weighted by Crippen LogP contribution is 2.62. The van der Waals surface area contributed by atoms with Gasteiger partial charge in [-0.25, -0.2) is 40.1 Å². The average molecular weight is 2210 g/mol. The van der Waals surface area contributed by atoms with Crippen LogP contribution < -0.4 is 63.0 Å². The van der Waals surface area contributed by atoms with Gasteiger partial charge in [-0.3, -0.25) is 65.5 Å². The lowest BCUT2D eigenvalue weighted by molar-refractivity contribution is -0.149. The summed E-state index contributed by atoms with van der Waals surface area (Å²) in [5, 5.41) is 87.6. The van der Waals surface area contributed by atoms with Crippen molar-refractivity contribution in [3.05, 3.63) is 82.4 Å². The third-order valence-corrected chi connectivity index (χ3v) is 38.4. The third-order valence-electron chi connectivity index (χ3n) is 21.4. The molecule has 144 heavy (non-hydrogen) atoms. The number of fused-ring (bicyclic) bond motifs is 3. The van der Waals surface area contributed by atoms with Gasteiger partial charge in [0.05, 0.1) is 91.2 Å². The summed E-state index contributed by atoms with van der Waals surface area (Å²) in [5.41, 5.74) is 12.3. The van der Waals surface area contributed by atoms with E-state index < -0.39 is 182 Å². The molecule has 4 aliphatic heterocycles. The predicted octanol–water partition coefficient (Wildman–Crippen LogP) is 6.35. The van der Waals surface area contributed by atoms with Gasteiger partial charge in [0.1, 0.15) is 94.7 Å². The number of nitrogen functional groups attached to an aromatic ring is 3. The zero-order valence-corrected chi connectivity index (χ0v) is 90.1. The molecule has 0 amide bonds. The van der Waals surface area contributed by atoms with Gasteiger partial charge in [-0.2, -0.15) is 29.9 Å². The Hall–Kier alpha value is -7.92. The van der Waals surface area contributed by atoms with Gasteiger partial charge in [-0.15, -0.1) is 11.6 Å². The predicted molar refractivity (Wildman–Crippen MR) is 532 cm³/mol. The molecule has 11 heterocycles. The van der Waals surface area contributed by atoms with Crippen LogP contribution in [0, 0.1) is 0 Å². The van der Waals surface area contributed by atoms with Crippen LogP contribution in [-0.2, 0) is 93.4 Å². The van der Waals surface area contributed by atoms with Gasteiger partial charge in [-0.05, 0) is 134 Å². The molecule has 7 aromatic heterocycles. The second-order valence-electron chi connectivity index (χ2n) is 33.1. The van der Waals surface area contributed by atoms with Crippen molar-refractivity contribution in [2.45, 2.75) is 262 Å². The summed E-state index contributed by atoms with van der Waals surface area (Å²) in [5.74, 6) is -0.696. The van der Waals surface area contributed by atoms with Crippen molar-refractivity contribution in [2.24, 2.45) is 0 Å². The van der Waals surface area contributed by atoms with Crippen LogP contribution in [0.2, 0.25) is 0 Å². The highest BCUT2D eigenvalue weighted by atomic mass is 35.5. The van der Waals surface area contributed by atoms with E-state index in [0.29, 0.717) is 58.5 Å². The Morgan fingerprint density at radius 1 is 0.451 bits per heavy atom. The molecule has 24 atom stereocenters. The number of H-pyrrole nitrogens is 1. The average Bonchev–Trinajstić information content (AvgIpc) is 1.59. The monoisotopic (exact) mass is 2210 g/mol. The van der Waals surface area contributed by atoms with Crippen molar-refractivity contribution in [3.8, 4) is 17.6 Å². The molecular weight excluding hydrogens is 2080 g/mol. The maximum atomic E-state index is 13.8. The molecule has 4 saturated heterocycles. The number of nitrogens with one attached hydrogen (secondary N) is 5. The van der Waals surface area contributed by atoms with Crippen molar-refractivity contribution in [1.29, 1.82) is 0 Å². The zero-order chi connectivity index (χ0) is 107. The lowest BCUT2D eigenvalue weighted by Gasteiger charge is -2.27. The lowest BCUT2D eigenvalue weighted by atomic mass is 9.96. The molecule has 62 heteroatoms. The number of benzene rings is 1. The molecule has 1 aromatic carbocycles. The Kier molecular flexibility index (Phi) is 43.2. The van der Waals surface area contributed by atoms with E-state index in [1.807, 2.05) is 0 Å². The SMILES string of the molecule is CC(C)OC(=O)[C@H](C)N[P@@](=O)(OC[C@H]1O[C@@H](n2ccc(=O)[nH]c2=O)[C@](C)(Cl)[C@@H]1O)Sc1ccccc1.CCOC(=O)C(C)NP(=O)(OC[C@H]1O[C@@H](n2cnc3c(OCC)nc(N)nc32)[C@](C)(O)[C@@H]1O)SCC.CCOC(=O)[C@@H](C)NP(=O)(OC[C@H]1O[C@@H](n2cnc3c(OCC)nc(N)nc32)[C@](C)(O)[C@@H]1O)SCC.CCOC(=O)[C@@H](C)N[P@](=O)(OC[C@H]1O[C@@H](n2cnc3c(OCC)nc(N)nc32)[C@](C)(O)[C@@H]1O)SCC. The van der Waals surface area contributed by atoms with E-state index in [-0.39, 0.29) is 105 Å². The van der Waals surface area contributed by atoms with E-state index in [0.717, 1.165) is 56.2 Å². The van der Waals surface area contributed by atoms with Gasteiger partial charge in [0.15, 0.2) is 58.4 Å². The van der Waals surface area contributed by atoms with Gasteiger partial charge < -0.3 is 123 Å². The van der Waals surface area contributed by atoms with Crippen LogP contribution in [-0.4, -0.2) is 312 Å². The number of rotatable bonds is 46. The van der Waals surface area contributed by atoms with E-state index in [1.54, 1.807) is 106 Å². The lowest BCUT2D eigenvalue weighted by Crippen LogP contribution is -2.44. The highest BCUT2D eigenvalue weighted by molar-refractivity contribution is 8.57. The molecule has 0 bridgehead atoms. The first-order valence-electron chi connectivity index (χ1n) is 45.6. The summed E-state index contributed by atoms with van der Waals surface area (Å²) in [6, 6.07) is 6.29. The molecule has 4 fully saturated rings. The molecule has 3 unspecified atom stereocenters. The number of halogens is 1. The minimum atomic E-state index is -3.81. The summed E-state index contributed by atoms with van der Waals surface area (Å²) in [7, 11) is 0. The fourth-order valence-corrected chi connectivity index (χ4v) is 29.5. The van der Waals surface area contributed by atoms with Gasteiger partial charge >= 0.3 is 56.5 Å². The summed E-state index contributed by atoms with van der Waals surface area (Å²) >= 11 is 10.4. The summed E-state index contributed by atoms with van der Waals surface area (Å²) in [6.45, 7) is 16.3. The van der Waals surface area contributed by atoms with E-state index in [2.05, 4.69) is 70.2 Å². The number of ether oxygens (including phenoxy) is 11. The van der Waals surface area contributed by atoms with Crippen LogP contribution in [0.4, 0.5) is 17.8 Å².